The molecule has 0 aromatic heterocycles. The highest BCUT2D eigenvalue weighted by molar-refractivity contribution is 5.98. The molecule has 0 radical (unpaired) electrons. The molecule has 4 nitrogen and oxygen atoms in total. The second kappa shape index (κ2) is 6.43. The third kappa shape index (κ3) is 3.34. The van der Waals surface area contributed by atoms with E-state index < -0.39 is 5.97 Å². The van der Waals surface area contributed by atoms with Gasteiger partial charge in [-0.3, -0.25) is 4.79 Å². The number of hydrogen-bond acceptors (Lipinski definition) is 2. The Morgan fingerprint density at radius 2 is 1.68 bits per heavy atom. The van der Waals surface area contributed by atoms with Gasteiger partial charge in [0, 0.05) is 11.6 Å². The van der Waals surface area contributed by atoms with Crippen molar-refractivity contribution in [2.75, 3.05) is 5.32 Å². The molecule has 22 heavy (non-hydrogen) atoms. The summed E-state index contributed by atoms with van der Waals surface area (Å²) in [5, 5.41) is 12.2. The van der Waals surface area contributed by atoms with Crippen LogP contribution in [-0.2, 0) is 4.79 Å². The van der Waals surface area contributed by atoms with E-state index in [9.17, 15) is 14.7 Å². The van der Waals surface area contributed by atoms with Crippen LogP contribution in [0.2, 0.25) is 0 Å². The van der Waals surface area contributed by atoms with Gasteiger partial charge in [-0.25, -0.2) is 4.79 Å². The molecule has 0 aliphatic carbocycles. The van der Waals surface area contributed by atoms with E-state index in [1.54, 1.807) is 26.8 Å². The Morgan fingerprint density at radius 3 is 2.23 bits per heavy atom. The first-order chi connectivity index (χ1) is 10.4. The smallest absolute Gasteiger partial charge is 0.336 e. The van der Waals surface area contributed by atoms with Gasteiger partial charge in [-0.1, -0.05) is 44.2 Å². The Kier molecular flexibility index (Phi) is 4.61. The molecule has 0 saturated heterocycles. The summed E-state index contributed by atoms with van der Waals surface area (Å²) in [5.41, 5.74) is 2.96. The quantitative estimate of drug-likeness (QED) is 0.897. The Hall–Kier alpha value is -2.62. The van der Waals surface area contributed by atoms with Gasteiger partial charge in [0.2, 0.25) is 5.91 Å². The van der Waals surface area contributed by atoms with Crippen molar-refractivity contribution in [1.82, 2.24) is 0 Å². The lowest BCUT2D eigenvalue weighted by Gasteiger charge is -2.15. The number of rotatable bonds is 4. The summed E-state index contributed by atoms with van der Waals surface area (Å²) in [7, 11) is 0. The number of hydrogen-bond donors (Lipinski definition) is 2. The molecule has 2 N–H and O–H groups in total. The van der Waals surface area contributed by atoms with Crippen molar-refractivity contribution >= 4 is 17.6 Å². The molecule has 2 rings (SSSR count). The van der Waals surface area contributed by atoms with Gasteiger partial charge >= 0.3 is 5.97 Å². The number of amides is 1. The zero-order valence-corrected chi connectivity index (χ0v) is 12.9. The predicted molar refractivity (Wildman–Crippen MR) is 87.0 cm³/mol. The molecular weight excluding hydrogens is 278 g/mol. The number of benzene rings is 2. The standard InChI is InChI=1S/C18H19NO3/c1-11(2)17(20)19-16-10-14(13-7-5-4-6-8-13)9-15(12(16)3)18(21)22/h4-11H,1-3H3,(H,19,20)(H,21,22). The molecule has 0 atom stereocenters. The molecule has 0 aliphatic heterocycles. The number of carboxylic acids is 1. The third-order valence-electron chi connectivity index (χ3n) is 3.53. The number of carbonyl (C=O) groups excluding carboxylic acids is 1. The van der Waals surface area contributed by atoms with Crippen molar-refractivity contribution in [1.29, 1.82) is 0 Å². The maximum absolute atomic E-state index is 11.9. The van der Waals surface area contributed by atoms with Gasteiger partial charge in [0.15, 0.2) is 0 Å². The van der Waals surface area contributed by atoms with Crippen LogP contribution >= 0.6 is 0 Å². The number of carbonyl (C=O) groups is 2. The Bertz CT molecular complexity index is 706. The van der Waals surface area contributed by atoms with Crippen LogP contribution in [0.3, 0.4) is 0 Å². The molecule has 0 aliphatic rings. The average Bonchev–Trinajstić information content (AvgIpc) is 2.49. The van der Waals surface area contributed by atoms with Gasteiger partial charge < -0.3 is 10.4 Å². The fourth-order valence-corrected chi connectivity index (χ4v) is 2.14. The topological polar surface area (TPSA) is 66.4 Å². The number of aromatic carboxylic acids is 1. The van der Waals surface area contributed by atoms with E-state index >= 15 is 0 Å². The van der Waals surface area contributed by atoms with E-state index in [2.05, 4.69) is 5.32 Å². The Labute approximate surface area is 129 Å². The summed E-state index contributed by atoms with van der Waals surface area (Å²) in [4.78, 5) is 23.4. The molecular formula is C18H19NO3. The lowest BCUT2D eigenvalue weighted by Crippen LogP contribution is -2.19. The van der Waals surface area contributed by atoms with Crippen molar-refractivity contribution in [3.8, 4) is 11.1 Å². The highest BCUT2D eigenvalue weighted by atomic mass is 16.4. The van der Waals surface area contributed by atoms with Crippen LogP contribution in [-0.4, -0.2) is 17.0 Å². The van der Waals surface area contributed by atoms with Gasteiger partial charge in [0.25, 0.3) is 0 Å². The van der Waals surface area contributed by atoms with Crippen molar-refractivity contribution in [3.05, 3.63) is 53.6 Å². The first kappa shape index (κ1) is 15.8. The third-order valence-corrected chi connectivity index (χ3v) is 3.53. The van der Waals surface area contributed by atoms with Crippen LogP contribution in [0.4, 0.5) is 5.69 Å². The van der Waals surface area contributed by atoms with Crippen molar-refractivity contribution in [2.45, 2.75) is 20.8 Å². The maximum atomic E-state index is 11.9. The molecule has 4 heteroatoms. The van der Waals surface area contributed by atoms with Crippen LogP contribution in [0.5, 0.6) is 0 Å². The van der Waals surface area contributed by atoms with Crippen molar-refractivity contribution in [2.24, 2.45) is 5.92 Å². The zero-order valence-electron chi connectivity index (χ0n) is 12.9. The van der Waals surface area contributed by atoms with Crippen molar-refractivity contribution in [3.63, 3.8) is 0 Å². The molecule has 0 fully saturated rings. The van der Waals surface area contributed by atoms with Gasteiger partial charge in [0.1, 0.15) is 0 Å². The second-order valence-corrected chi connectivity index (χ2v) is 5.51. The first-order valence-electron chi connectivity index (χ1n) is 7.14. The molecule has 114 valence electrons. The van der Waals surface area contributed by atoms with E-state index in [0.717, 1.165) is 11.1 Å². The Balaban J connectivity index is 2.55. The molecule has 0 bridgehead atoms. The van der Waals surface area contributed by atoms with Crippen LogP contribution in [0.15, 0.2) is 42.5 Å². The van der Waals surface area contributed by atoms with Gasteiger partial charge in [0.05, 0.1) is 5.56 Å². The summed E-state index contributed by atoms with van der Waals surface area (Å²) in [6, 6.07) is 12.9. The molecule has 0 heterocycles. The minimum Gasteiger partial charge on any atom is -0.478 e. The second-order valence-electron chi connectivity index (χ2n) is 5.51. The minimum atomic E-state index is -1.00. The average molecular weight is 297 g/mol. The highest BCUT2D eigenvalue weighted by Crippen LogP contribution is 2.29. The monoisotopic (exact) mass is 297 g/mol. The summed E-state index contributed by atoms with van der Waals surface area (Å²) in [6.45, 7) is 5.29. The normalized spacial score (nSPS) is 10.5. The fourth-order valence-electron chi connectivity index (χ4n) is 2.14. The molecule has 2 aromatic rings. The van der Waals surface area contributed by atoms with E-state index in [1.165, 1.54) is 0 Å². The van der Waals surface area contributed by atoms with E-state index in [4.69, 9.17) is 0 Å². The summed E-state index contributed by atoms with van der Waals surface area (Å²) in [5.74, 6) is -1.31. The molecule has 2 aromatic carbocycles. The van der Waals surface area contributed by atoms with Crippen LogP contribution in [0.1, 0.15) is 29.8 Å². The predicted octanol–water partition coefficient (Wildman–Crippen LogP) is 3.95. The van der Waals surface area contributed by atoms with Crippen LogP contribution in [0.25, 0.3) is 11.1 Å². The number of carboxylic acid groups (broad SMARTS) is 1. The molecule has 1 amide bonds. The van der Waals surface area contributed by atoms with Crippen LogP contribution < -0.4 is 5.32 Å². The van der Waals surface area contributed by atoms with Gasteiger partial charge in [-0.15, -0.1) is 0 Å². The SMILES string of the molecule is Cc1c(NC(=O)C(C)C)cc(-c2ccccc2)cc1C(=O)O. The fraction of sp³-hybridized carbons (Fsp3) is 0.222. The maximum Gasteiger partial charge on any atom is 0.336 e. The molecule has 0 unspecified atom stereocenters. The van der Waals surface area contributed by atoms with E-state index in [-0.39, 0.29) is 17.4 Å². The summed E-state index contributed by atoms with van der Waals surface area (Å²) < 4.78 is 0. The highest BCUT2D eigenvalue weighted by Gasteiger charge is 2.16. The lowest BCUT2D eigenvalue weighted by molar-refractivity contribution is -0.118. The lowest BCUT2D eigenvalue weighted by atomic mass is 9.97. The van der Waals surface area contributed by atoms with Gasteiger partial charge in [-0.05, 0) is 35.7 Å². The number of nitrogens with one attached hydrogen (secondary N) is 1. The summed E-state index contributed by atoms with van der Waals surface area (Å²) in [6.07, 6.45) is 0. The molecule has 0 saturated carbocycles. The van der Waals surface area contributed by atoms with E-state index in [0.29, 0.717) is 11.3 Å². The number of anilines is 1. The Morgan fingerprint density at radius 1 is 1.05 bits per heavy atom. The van der Waals surface area contributed by atoms with E-state index in [1.807, 2.05) is 36.4 Å². The summed E-state index contributed by atoms with van der Waals surface area (Å²) >= 11 is 0. The zero-order chi connectivity index (χ0) is 16.3. The van der Waals surface area contributed by atoms with Gasteiger partial charge in [-0.2, -0.15) is 0 Å². The first-order valence-corrected chi connectivity index (χ1v) is 7.14. The van der Waals surface area contributed by atoms with Crippen molar-refractivity contribution < 1.29 is 14.7 Å². The van der Waals surface area contributed by atoms with Crippen LogP contribution in [0, 0.1) is 12.8 Å². The molecule has 0 spiro atoms. The minimum absolute atomic E-state index is 0.135. The largest absolute Gasteiger partial charge is 0.478 e.